The maximum atomic E-state index is 12.4. The van der Waals surface area contributed by atoms with Crippen LogP contribution >= 0.6 is 11.8 Å². The predicted octanol–water partition coefficient (Wildman–Crippen LogP) is 1.75. The number of hydrogen-bond donors (Lipinski definition) is 1. The number of imidazole rings is 1. The van der Waals surface area contributed by atoms with E-state index >= 15 is 0 Å². The van der Waals surface area contributed by atoms with E-state index in [0.29, 0.717) is 41.0 Å². The zero-order valence-corrected chi connectivity index (χ0v) is 17.0. The Morgan fingerprint density at radius 3 is 2.93 bits per heavy atom. The first-order valence-corrected chi connectivity index (χ1v) is 10.3. The van der Waals surface area contributed by atoms with E-state index in [9.17, 15) is 9.59 Å². The number of unbranched alkanes of at least 4 members (excludes halogenated alkanes) is 1. The van der Waals surface area contributed by atoms with Crippen LogP contribution in [-0.4, -0.2) is 33.9 Å². The van der Waals surface area contributed by atoms with Crippen LogP contribution in [0.15, 0.2) is 43.9 Å². The van der Waals surface area contributed by atoms with E-state index in [1.165, 1.54) is 16.3 Å². The van der Waals surface area contributed by atoms with Crippen molar-refractivity contribution in [1.29, 1.82) is 0 Å². The third-order valence-corrected chi connectivity index (χ3v) is 5.63. The minimum Gasteiger partial charge on any atom is -0.467 e. The molecule has 0 saturated carbocycles. The number of rotatable bonds is 8. The Morgan fingerprint density at radius 2 is 2.17 bits per heavy atom. The summed E-state index contributed by atoms with van der Waals surface area (Å²) in [5, 5.41) is 8.85. The molecule has 0 unspecified atom stereocenters. The van der Waals surface area contributed by atoms with Crippen molar-refractivity contribution in [2.45, 2.75) is 43.8 Å². The molecule has 29 heavy (non-hydrogen) atoms. The highest BCUT2D eigenvalue weighted by atomic mass is 32.2. The number of furan rings is 1. The molecular formula is C18H21N7O3S. The Kier molecular flexibility index (Phi) is 5.38. The summed E-state index contributed by atoms with van der Waals surface area (Å²) in [6.07, 6.45) is 5.04. The van der Waals surface area contributed by atoms with Gasteiger partial charge in [0, 0.05) is 13.6 Å². The number of nitrogens with one attached hydrogen (secondary N) is 1. The Morgan fingerprint density at radius 1 is 1.31 bits per heavy atom. The van der Waals surface area contributed by atoms with Crippen molar-refractivity contribution in [2.75, 3.05) is 0 Å². The topological polar surface area (TPSA) is 117 Å². The van der Waals surface area contributed by atoms with Crippen molar-refractivity contribution in [3.8, 4) is 0 Å². The van der Waals surface area contributed by atoms with E-state index in [2.05, 4.69) is 20.2 Å². The summed E-state index contributed by atoms with van der Waals surface area (Å²) in [5.41, 5.74) is -0.0351. The fraction of sp³-hybridized carbons (Fsp3) is 0.389. The first-order chi connectivity index (χ1) is 14.1. The van der Waals surface area contributed by atoms with Crippen molar-refractivity contribution < 1.29 is 4.42 Å². The number of aromatic nitrogens is 7. The highest BCUT2D eigenvalue weighted by molar-refractivity contribution is 7.98. The zero-order chi connectivity index (χ0) is 20.4. The van der Waals surface area contributed by atoms with Crippen molar-refractivity contribution in [3.63, 3.8) is 0 Å². The number of fused-ring (bicyclic) bond motifs is 1. The van der Waals surface area contributed by atoms with Crippen LogP contribution in [0.1, 0.15) is 31.4 Å². The number of H-pyrrole nitrogens is 1. The standard InChI is InChI=1S/C18H21N7O3S/c1-3-4-7-25-15-14(16(26)21-17(25)27)23(2)13(20-15)10-29-18-22-19-11-24(18)9-12-6-5-8-28-12/h5-6,8,11H,3-4,7,9-10H2,1-2H3,(H,21,26,27). The third-order valence-electron chi connectivity index (χ3n) is 4.66. The van der Waals surface area contributed by atoms with Crippen LogP contribution in [0.2, 0.25) is 0 Å². The van der Waals surface area contributed by atoms with Gasteiger partial charge in [-0.3, -0.25) is 14.3 Å². The molecule has 0 aliphatic heterocycles. The molecule has 4 rings (SSSR count). The molecule has 0 atom stereocenters. The predicted molar refractivity (Wildman–Crippen MR) is 108 cm³/mol. The number of hydrogen-bond acceptors (Lipinski definition) is 7. The van der Waals surface area contributed by atoms with E-state index in [1.54, 1.807) is 24.2 Å². The van der Waals surface area contributed by atoms with E-state index in [-0.39, 0.29) is 0 Å². The van der Waals surface area contributed by atoms with Crippen LogP contribution < -0.4 is 11.2 Å². The molecule has 0 saturated heterocycles. The summed E-state index contributed by atoms with van der Waals surface area (Å²) in [6.45, 7) is 3.10. The van der Waals surface area contributed by atoms with Gasteiger partial charge in [0.05, 0.1) is 18.6 Å². The van der Waals surface area contributed by atoms with E-state index in [4.69, 9.17) is 4.42 Å². The molecule has 11 heteroatoms. The molecular weight excluding hydrogens is 394 g/mol. The Balaban J connectivity index is 1.62. The lowest BCUT2D eigenvalue weighted by atomic mass is 10.3. The van der Waals surface area contributed by atoms with Crippen LogP contribution in [0, 0.1) is 0 Å². The molecule has 0 amide bonds. The molecule has 4 heterocycles. The molecule has 10 nitrogen and oxygen atoms in total. The summed E-state index contributed by atoms with van der Waals surface area (Å²) in [7, 11) is 1.78. The van der Waals surface area contributed by atoms with Crippen LogP contribution in [0.25, 0.3) is 11.2 Å². The largest absolute Gasteiger partial charge is 0.467 e. The van der Waals surface area contributed by atoms with E-state index in [1.807, 2.05) is 23.6 Å². The smallest absolute Gasteiger partial charge is 0.330 e. The first kappa shape index (κ1) is 19.2. The highest BCUT2D eigenvalue weighted by Crippen LogP contribution is 2.22. The SMILES string of the molecule is CCCCn1c(=O)[nH]c(=O)c2c1nc(CSc1nncn1Cc1ccco1)n2C. The third kappa shape index (κ3) is 3.77. The highest BCUT2D eigenvalue weighted by Gasteiger charge is 2.17. The minimum absolute atomic E-state index is 0.397. The van der Waals surface area contributed by atoms with Gasteiger partial charge in [0.1, 0.15) is 17.9 Å². The van der Waals surface area contributed by atoms with Gasteiger partial charge in [-0.2, -0.15) is 0 Å². The number of nitrogens with zero attached hydrogens (tertiary/aromatic N) is 6. The van der Waals surface area contributed by atoms with Gasteiger partial charge in [0.15, 0.2) is 16.3 Å². The van der Waals surface area contributed by atoms with Crippen molar-refractivity contribution >= 4 is 22.9 Å². The quantitative estimate of drug-likeness (QED) is 0.436. The fourth-order valence-corrected chi connectivity index (χ4v) is 4.01. The molecule has 4 aromatic heterocycles. The van der Waals surface area contributed by atoms with Crippen molar-refractivity contribution in [2.24, 2.45) is 7.05 Å². The van der Waals surface area contributed by atoms with Gasteiger partial charge in [0.25, 0.3) is 5.56 Å². The van der Waals surface area contributed by atoms with Gasteiger partial charge in [-0.05, 0) is 18.6 Å². The second-order valence-electron chi connectivity index (χ2n) is 6.63. The summed E-state index contributed by atoms with van der Waals surface area (Å²) in [5.74, 6) is 1.96. The maximum absolute atomic E-state index is 12.4. The molecule has 1 N–H and O–H groups in total. The fourth-order valence-electron chi connectivity index (χ4n) is 3.11. The van der Waals surface area contributed by atoms with Crippen LogP contribution in [0.3, 0.4) is 0 Å². The molecule has 0 radical (unpaired) electrons. The normalized spacial score (nSPS) is 11.5. The second-order valence-corrected chi connectivity index (χ2v) is 7.58. The molecule has 0 aliphatic rings. The first-order valence-electron chi connectivity index (χ1n) is 9.30. The minimum atomic E-state index is -0.426. The number of thioether (sulfide) groups is 1. The summed E-state index contributed by atoms with van der Waals surface area (Å²) in [4.78, 5) is 31.6. The molecule has 0 bridgehead atoms. The van der Waals surface area contributed by atoms with Crippen LogP contribution in [-0.2, 0) is 25.9 Å². The zero-order valence-electron chi connectivity index (χ0n) is 16.2. The average Bonchev–Trinajstić information content (AvgIpc) is 3.42. The summed E-state index contributed by atoms with van der Waals surface area (Å²) >= 11 is 1.46. The molecule has 0 aliphatic carbocycles. The summed E-state index contributed by atoms with van der Waals surface area (Å²) < 4.78 is 10.5. The van der Waals surface area contributed by atoms with Gasteiger partial charge in [-0.1, -0.05) is 25.1 Å². The maximum Gasteiger partial charge on any atom is 0.330 e. The summed E-state index contributed by atoms with van der Waals surface area (Å²) in [6, 6.07) is 3.73. The Hall–Kier alpha value is -3.08. The molecule has 4 aromatic rings. The molecule has 0 aromatic carbocycles. The van der Waals surface area contributed by atoms with Gasteiger partial charge in [-0.15, -0.1) is 10.2 Å². The van der Waals surface area contributed by atoms with Crippen molar-refractivity contribution in [1.82, 2.24) is 33.9 Å². The van der Waals surface area contributed by atoms with E-state index < -0.39 is 11.2 Å². The lowest BCUT2D eigenvalue weighted by molar-refractivity contribution is 0.484. The molecule has 0 spiro atoms. The average molecular weight is 415 g/mol. The van der Waals surface area contributed by atoms with Gasteiger partial charge >= 0.3 is 5.69 Å². The molecule has 152 valence electrons. The van der Waals surface area contributed by atoms with Crippen molar-refractivity contribution in [3.05, 3.63) is 57.1 Å². The lowest BCUT2D eigenvalue weighted by Crippen LogP contribution is -2.31. The second kappa shape index (κ2) is 8.11. The van der Waals surface area contributed by atoms with Gasteiger partial charge < -0.3 is 13.6 Å². The number of aromatic amines is 1. The Bertz CT molecular complexity index is 1230. The Labute approximate surface area is 169 Å². The van der Waals surface area contributed by atoms with E-state index in [0.717, 1.165) is 18.6 Å². The lowest BCUT2D eigenvalue weighted by Gasteiger charge is -2.05. The molecule has 0 fully saturated rings. The van der Waals surface area contributed by atoms with Gasteiger partial charge in [0.2, 0.25) is 0 Å². The van der Waals surface area contributed by atoms with Gasteiger partial charge in [-0.25, -0.2) is 9.78 Å². The van der Waals surface area contributed by atoms with Crippen LogP contribution in [0.4, 0.5) is 0 Å². The monoisotopic (exact) mass is 415 g/mol. The van der Waals surface area contributed by atoms with Crippen LogP contribution in [0.5, 0.6) is 0 Å². The number of aryl methyl sites for hydroxylation is 2.